The topological polar surface area (TPSA) is 64.6 Å². The van der Waals surface area contributed by atoms with Gasteiger partial charge in [-0.05, 0) is 76.7 Å². The minimum Gasteiger partial charge on any atom is -0.492 e. The quantitative estimate of drug-likeness (QED) is 0.233. The van der Waals surface area contributed by atoms with Crippen molar-refractivity contribution in [3.8, 4) is 5.75 Å². The molecule has 0 heterocycles. The molecule has 0 saturated carbocycles. The van der Waals surface area contributed by atoms with Crippen molar-refractivity contribution in [2.75, 3.05) is 18.5 Å². The Morgan fingerprint density at radius 2 is 1.72 bits per heavy atom. The number of benzene rings is 2. The fraction of sp³-hybridized carbons (Fsp3) is 0.462. The second-order valence-corrected chi connectivity index (χ2v) is 8.97. The normalized spacial score (nSPS) is 10.8. The van der Waals surface area contributed by atoms with E-state index in [4.69, 9.17) is 9.47 Å². The van der Waals surface area contributed by atoms with Gasteiger partial charge in [0.25, 0.3) is 0 Å². The van der Waals surface area contributed by atoms with Crippen LogP contribution < -0.4 is 10.1 Å². The molecular formula is C26H34BrNO4. The summed E-state index contributed by atoms with van der Waals surface area (Å²) in [5, 5.41) is 2.85. The van der Waals surface area contributed by atoms with E-state index in [1.54, 1.807) is 24.3 Å². The van der Waals surface area contributed by atoms with Gasteiger partial charge in [0.1, 0.15) is 5.75 Å². The van der Waals surface area contributed by atoms with Crippen molar-refractivity contribution in [2.45, 2.75) is 65.2 Å². The summed E-state index contributed by atoms with van der Waals surface area (Å²) in [6, 6.07) is 12.9. The molecule has 0 aliphatic heterocycles. The summed E-state index contributed by atoms with van der Waals surface area (Å²) >= 11 is 3.54. The van der Waals surface area contributed by atoms with Crippen molar-refractivity contribution in [1.82, 2.24) is 0 Å². The predicted molar refractivity (Wildman–Crippen MR) is 132 cm³/mol. The highest BCUT2D eigenvalue weighted by molar-refractivity contribution is 9.10. The number of anilines is 1. The summed E-state index contributed by atoms with van der Waals surface area (Å²) in [6.07, 6.45) is 5.22. The third-order valence-corrected chi connectivity index (χ3v) is 5.68. The fourth-order valence-corrected chi connectivity index (χ4v) is 3.61. The molecule has 174 valence electrons. The van der Waals surface area contributed by atoms with Crippen molar-refractivity contribution in [2.24, 2.45) is 0 Å². The number of ether oxygens (including phenoxy) is 2. The summed E-state index contributed by atoms with van der Waals surface area (Å²) in [5.41, 5.74) is 2.39. The minimum atomic E-state index is -0.330. The zero-order chi connectivity index (χ0) is 23.3. The van der Waals surface area contributed by atoms with Gasteiger partial charge in [0.05, 0.1) is 23.2 Å². The standard InChI is InChI=1S/C26H34BrNO4/c1-4-5-6-7-16-32-26(30)20-10-13-22(14-11-20)28-25(29)9-8-17-31-24-15-12-21(19(2)3)18-23(24)27/h10-15,18-19H,4-9,16-17H2,1-3H3,(H,28,29). The molecule has 0 saturated heterocycles. The lowest BCUT2D eigenvalue weighted by Gasteiger charge is -2.11. The Balaban J connectivity index is 1.69. The SMILES string of the molecule is CCCCCCOC(=O)c1ccc(NC(=O)CCCOc2ccc(C(C)C)cc2Br)cc1. The van der Waals surface area contributed by atoms with E-state index in [0.29, 0.717) is 43.2 Å². The predicted octanol–water partition coefficient (Wildman–Crippen LogP) is 7.11. The number of rotatable bonds is 13. The first-order valence-electron chi connectivity index (χ1n) is 11.4. The summed E-state index contributed by atoms with van der Waals surface area (Å²) < 4.78 is 12.0. The average molecular weight is 504 g/mol. The number of hydrogen-bond acceptors (Lipinski definition) is 4. The van der Waals surface area contributed by atoms with Crippen LogP contribution in [0, 0.1) is 0 Å². The van der Waals surface area contributed by atoms with Crippen molar-refractivity contribution < 1.29 is 19.1 Å². The lowest BCUT2D eigenvalue weighted by atomic mass is 10.0. The largest absolute Gasteiger partial charge is 0.492 e. The maximum Gasteiger partial charge on any atom is 0.338 e. The Hall–Kier alpha value is -2.34. The zero-order valence-electron chi connectivity index (χ0n) is 19.3. The van der Waals surface area contributed by atoms with Gasteiger partial charge in [-0.3, -0.25) is 4.79 Å². The van der Waals surface area contributed by atoms with Gasteiger partial charge in [-0.25, -0.2) is 4.79 Å². The van der Waals surface area contributed by atoms with E-state index in [2.05, 4.69) is 54.2 Å². The van der Waals surface area contributed by atoms with Crippen LogP contribution in [0.2, 0.25) is 0 Å². The van der Waals surface area contributed by atoms with Crippen molar-refractivity contribution in [3.05, 3.63) is 58.1 Å². The molecular weight excluding hydrogens is 470 g/mol. The van der Waals surface area contributed by atoms with Crippen LogP contribution in [0.3, 0.4) is 0 Å². The first-order chi connectivity index (χ1) is 15.4. The first kappa shape index (κ1) is 25.9. The van der Waals surface area contributed by atoms with E-state index >= 15 is 0 Å². The first-order valence-corrected chi connectivity index (χ1v) is 12.2. The number of esters is 1. The maximum absolute atomic E-state index is 12.2. The van der Waals surface area contributed by atoms with E-state index in [9.17, 15) is 9.59 Å². The molecule has 0 fully saturated rings. The summed E-state index contributed by atoms with van der Waals surface area (Å²) in [4.78, 5) is 24.2. The molecule has 5 nitrogen and oxygen atoms in total. The van der Waals surface area contributed by atoms with Crippen molar-refractivity contribution in [3.63, 3.8) is 0 Å². The van der Waals surface area contributed by atoms with Crippen LogP contribution >= 0.6 is 15.9 Å². The molecule has 0 unspecified atom stereocenters. The Morgan fingerprint density at radius 3 is 2.38 bits per heavy atom. The van der Waals surface area contributed by atoms with E-state index in [-0.39, 0.29) is 11.9 Å². The Morgan fingerprint density at radius 1 is 0.969 bits per heavy atom. The van der Waals surface area contributed by atoms with Crippen LogP contribution in [0.4, 0.5) is 5.69 Å². The number of amides is 1. The van der Waals surface area contributed by atoms with Crippen molar-refractivity contribution in [1.29, 1.82) is 0 Å². The molecule has 0 bridgehead atoms. The molecule has 32 heavy (non-hydrogen) atoms. The lowest BCUT2D eigenvalue weighted by Crippen LogP contribution is -2.13. The highest BCUT2D eigenvalue weighted by Gasteiger charge is 2.09. The van der Waals surface area contributed by atoms with E-state index in [1.165, 1.54) is 5.56 Å². The molecule has 0 aliphatic carbocycles. The number of carbonyl (C=O) groups is 2. The highest BCUT2D eigenvalue weighted by Crippen LogP contribution is 2.29. The average Bonchev–Trinajstić information content (AvgIpc) is 2.77. The van der Waals surface area contributed by atoms with Crippen LogP contribution in [0.5, 0.6) is 5.75 Å². The fourth-order valence-electron chi connectivity index (χ4n) is 3.10. The minimum absolute atomic E-state index is 0.0888. The van der Waals surface area contributed by atoms with Gasteiger partial charge in [-0.15, -0.1) is 0 Å². The number of unbranched alkanes of at least 4 members (excludes halogenated alkanes) is 3. The van der Waals surface area contributed by atoms with Gasteiger partial charge in [-0.1, -0.05) is 46.1 Å². The maximum atomic E-state index is 12.2. The molecule has 0 spiro atoms. The lowest BCUT2D eigenvalue weighted by molar-refractivity contribution is -0.116. The van der Waals surface area contributed by atoms with Gasteiger partial charge < -0.3 is 14.8 Å². The molecule has 2 rings (SSSR count). The zero-order valence-corrected chi connectivity index (χ0v) is 20.9. The number of halogens is 1. The molecule has 2 aromatic carbocycles. The van der Waals surface area contributed by atoms with Crippen LogP contribution in [0.1, 0.15) is 81.1 Å². The van der Waals surface area contributed by atoms with Gasteiger partial charge in [0.2, 0.25) is 5.91 Å². The third-order valence-electron chi connectivity index (χ3n) is 5.06. The summed E-state index contributed by atoms with van der Waals surface area (Å²) in [7, 11) is 0. The Labute approximate surface area is 200 Å². The molecule has 0 atom stereocenters. The molecule has 6 heteroatoms. The number of carbonyl (C=O) groups excluding carboxylic acids is 2. The molecule has 2 aromatic rings. The van der Waals surface area contributed by atoms with Crippen LogP contribution in [0.15, 0.2) is 46.9 Å². The highest BCUT2D eigenvalue weighted by atomic mass is 79.9. The van der Waals surface area contributed by atoms with Gasteiger partial charge >= 0.3 is 5.97 Å². The third kappa shape index (κ3) is 9.03. The summed E-state index contributed by atoms with van der Waals surface area (Å²) in [6.45, 7) is 7.34. The van der Waals surface area contributed by atoms with E-state index in [0.717, 1.165) is 35.9 Å². The summed E-state index contributed by atoms with van der Waals surface area (Å²) in [5.74, 6) is 0.820. The smallest absolute Gasteiger partial charge is 0.338 e. The molecule has 0 aromatic heterocycles. The monoisotopic (exact) mass is 503 g/mol. The Bertz CT molecular complexity index is 865. The molecule has 0 radical (unpaired) electrons. The second-order valence-electron chi connectivity index (χ2n) is 8.12. The van der Waals surface area contributed by atoms with E-state index in [1.807, 2.05) is 6.07 Å². The van der Waals surface area contributed by atoms with Crippen LogP contribution in [0.25, 0.3) is 0 Å². The van der Waals surface area contributed by atoms with E-state index < -0.39 is 0 Å². The van der Waals surface area contributed by atoms with Crippen LogP contribution in [-0.4, -0.2) is 25.1 Å². The number of hydrogen-bond donors (Lipinski definition) is 1. The molecule has 1 N–H and O–H groups in total. The molecule has 0 aliphatic rings. The van der Waals surface area contributed by atoms with Gasteiger partial charge in [0.15, 0.2) is 0 Å². The second kappa shape index (κ2) is 13.9. The van der Waals surface area contributed by atoms with Crippen molar-refractivity contribution >= 4 is 33.5 Å². The van der Waals surface area contributed by atoms with Crippen LogP contribution in [-0.2, 0) is 9.53 Å². The van der Waals surface area contributed by atoms with Gasteiger partial charge in [-0.2, -0.15) is 0 Å². The molecule has 1 amide bonds. The van der Waals surface area contributed by atoms with Gasteiger partial charge in [0, 0.05) is 12.1 Å². The Kier molecular flexibility index (Phi) is 11.3. The number of nitrogens with one attached hydrogen (secondary N) is 1.